The molecule has 29 heavy (non-hydrogen) atoms. The smallest absolute Gasteiger partial charge is 0.336 e. The van der Waals surface area contributed by atoms with Crippen LogP contribution in [-0.4, -0.2) is 18.9 Å². The van der Waals surface area contributed by atoms with Gasteiger partial charge in [-0.2, -0.15) is 0 Å². The molecule has 1 aliphatic carbocycles. The second-order valence-corrected chi connectivity index (χ2v) is 8.62. The molecule has 0 amide bonds. The van der Waals surface area contributed by atoms with Crippen LogP contribution in [0, 0.1) is 0 Å². The van der Waals surface area contributed by atoms with E-state index in [1.54, 1.807) is 0 Å². The molecule has 2 aliphatic rings. The number of methoxy groups -OCH3 is 1. The fraction of sp³-hybridized carbons (Fsp3) is 0.280. The van der Waals surface area contributed by atoms with Crippen LogP contribution in [0.25, 0.3) is 5.70 Å². The summed E-state index contributed by atoms with van der Waals surface area (Å²) in [5.74, 6) is -0.926. The normalized spacial score (nSPS) is 18.4. The van der Waals surface area contributed by atoms with E-state index in [-0.39, 0.29) is 11.2 Å². The average molecular weight is 387 g/mol. The Bertz CT molecular complexity index is 1080. The molecule has 0 fully saturated rings. The summed E-state index contributed by atoms with van der Waals surface area (Å²) in [6, 6.07) is 15.8. The number of hydrogen-bond acceptors (Lipinski definition) is 4. The van der Waals surface area contributed by atoms with Gasteiger partial charge in [-0.1, -0.05) is 69.3 Å². The molecule has 0 saturated heterocycles. The third-order valence-electron chi connectivity index (χ3n) is 5.76. The molecule has 0 spiro atoms. The van der Waals surface area contributed by atoms with Crippen molar-refractivity contribution in [3.63, 3.8) is 0 Å². The number of allylic oxidation sites excluding steroid dienone is 2. The Labute approximate surface area is 171 Å². The highest BCUT2D eigenvalue weighted by atomic mass is 16.5. The number of dihydropyridines is 1. The van der Waals surface area contributed by atoms with Gasteiger partial charge >= 0.3 is 5.97 Å². The summed E-state index contributed by atoms with van der Waals surface area (Å²) in [5, 5.41) is 3.30. The molecule has 0 aromatic heterocycles. The standard InChI is InChI=1S/C25H25NO3/c1-14-19(24(28)29-5)20(15-10-12-16(13-11-15)25(2,3)4)21-22(26-14)17-8-6-7-9-18(17)23(21)27/h6-13,20,26H,1-5H3/t20-/m1/s1. The van der Waals surface area contributed by atoms with Crippen molar-refractivity contribution in [2.24, 2.45) is 0 Å². The molecule has 1 aliphatic heterocycles. The average Bonchev–Trinajstić information content (AvgIpc) is 2.98. The van der Waals surface area contributed by atoms with Gasteiger partial charge in [0.15, 0.2) is 5.78 Å². The summed E-state index contributed by atoms with van der Waals surface area (Å²) < 4.78 is 5.08. The topological polar surface area (TPSA) is 55.4 Å². The van der Waals surface area contributed by atoms with Crippen molar-refractivity contribution in [3.05, 3.63) is 87.6 Å². The molecule has 1 heterocycles. The zero-order valence-corrected chi connectivity index (χ0v) is 17.4. The predicted molar refractivity (Wildman–Crippen MR) is 113 cm³/mol. The van der Waals surface area contributed by atoms with Crippen LogP contribution in [0.2, 0.25) is 0 Å². The first kappa shape index (κ1) is 19.2. The van der Waals surface area contributed by atoms with Crippen molar-refractivity contribution >= 4 is 17.4 Å². The fourth-order valence-electron chi connectivity index (χ4n) is 4.22. The molecule has 0 saturated carbocycles. The van der Waals surface area contributed by atoms with Gasteiger partial charge in [-0.25, -0.2) is 4.79 Å². The van der Waals surface area contributed by atoms with Crippen LogP contribution in [-0.2, 0) is 14.9 Å². The first-order valence-electron chi connectivity index (χ1n) is 9.79. The Morgan fingerprint density at radius 2 is 1.62 bits per heavy atom. The van der Waals surface area contributed by atoms with Crippen molar-refractivity contribution in [3.8, 4) is 0 Å². The molecular weight excluding hydrogens is 362 g/mol. The van der Waals surface area contributed by atoms with E-state index >= 15 is 0 Å². The Hall–Kier alpha value is -3.14. The van der Waals surface area contributed by atoms with Gasteiger partial charge in [0, 0.05) is 28.3 Å². The maximum atomic E-state index is 13.3. The third kappa shape index (κ3) is 3.00. The second kappa shape index (κ2) is 6.73. The minimum absolute atomic E-state index is 0.0213. The third-order valence-corrected chi connectivity index (χ3v) is 5.76. The van der Waals surface area contributed by atoms with Gasteiger partial charge in [0.1, 0.15) is 0 Å². The Morgan fingerprint density at radius 1 is 1.00 bits per heavy atom. The zero-order valence-electron chi connectivity index (χ0n) is 17.4. The number of esters is 1. The Morgan fingerprint density at radius 3 is 2.21 bits per heavy atom. The van der Waals surface area contributed by atoms with E-state index < -0.39 is 11.9 Å². The summed E-state index contributed by atoms with van der Waals surface area (Å²) in [6.07, 6.45) is 0. The molecule has 1 atom stereocenters. The van der Waals surface area contributed by atoms with Gasteiger partial charge in [0.25, 0.3) is 0 Å². The number of nitrogens with one attached hydrogen (secondary N) is 1. The van der Waals surface area contributed by atoms with Crippen molar-refractivity contribution in [2.75, 3.05) is 7.11 Å². The first-order chi connectivity index (χ1) is 13.7. The minimum Gasteiger partial charge on any atom is -0.466 e. The van der Waals surface area contributed by atoms with Crippen LogP contribution in [0.15, 0.2) is 65.4 Å². The van der Waals surface area contributed by atoms with Gasteiger partial charge in [0.05, 0.1) is 18.4 Å². The number of hydrogen-bond donors (Lipinski definition) is 1. The SMILES string of the molecule is COC(=O)C1=C(C)NC2=C(C(=O)c3ccccc32)[C@@H]1c1ccc(C(C)(C)C)cc1. The minimum atomic E-state index is -0.465. The van der Waals surface area contributed by atoms with E-state index in [0.717, 1.165) is 16.8 Å². The lowest BCUT2D eigenvalue weighted by atomic mass is 9.78. The van der Waals surface area contributed by atoms with E-state index in [2.05, 4.69) is 38.2 Å². The monoisotopic (exact) mass is 387 g/mol. The molecule has 4 nitrogen and oxygen atoms in total. The van der Waals surface area contributed by atoms with Gasteiger partial charge in [-0.05, 0) is 23.5 Å². The van der Waals surface area contributed by atoms with E-state index in [4.69, 9.17) is 4.74 Å². The highest BCUT2D eigenvalue weighted by Gasteiger charge is 2.42. The Kier molecular flexibility index (Phi) is 4.45. The summed E-state index contributed by atoms with van der Waals surface area (Å²) in [6.45, 7) is 8.34. The maximum Gasteiger partial charge on any atom is 0.336 e. The second-order valence-electron chi connectivity index (χ2n) is 8.62. The van der Waals surface area contributed by atoms with Crippen molar-refractivity contribution in [2.45, 2.75) is 39.0 Å². The van der Waals surface area contributed by atoms with Crippen LogP contribution >= 0.6 is 0 Å². The summed E-state index contributed by atoms with van der Waals surface area (Å²) in [5.41, 5.74) is 6.28. The van der Waals surface area contributed by atoms with Crippen LogP contribution in [0.4, 0.5) is 0 Å². The van der Waals surface area contributed by atoms with Crippen LogP contribution in [0.1, 0.15) is 60.7 Å². The van der Waals surface area contributed by atoms with Gasteiger partial charge in [-0.3, -0.25) is 4.79 Å². The van der Waals surface area contributed by atoms with Crippen molar-refractivity contribution in [1.29, 1.82) is 0 Å². The summed E-state index contributed by atoms with van der Waals surface area (Å²) >= 11 is 0. The molecule has 148 valence electrons. The van der Waals surface area contributed by atoms with Crippen LogP contribution in [0.3, 0.4) is 0 Å². The largest absolute Gasteiger partial charge is 0.466 e. The number of ketones is 1. The van der Waals surface area contributed by atoms with Crippen molar-refractivity contribution in [1.82, 2.24) is 5.32 Å². The number of benzene rings is 2. The molecule has 4 heteroatoms. The summed E-state index contributed by atoms with van der Waals surface area (Å²) in [4.78, 5) is 26.0. The lowest BCUT2D eigenvalue weighted by Gasteiger charge is -2.29. The van der Waals surface area contributed by atoms with Gasteiger partial charge in [-0.15, -0.1) is 0 Å². The lowest BCUT2D eigenvalue weighted by Crippen LogP contribution is -2.29. The molecule has 0 radical (unpaired) electrons. The predicted octanol–water partition coefficient (Wildman–Crippen LogP) is 4.73. The maximum absolute atomic E-state index is 13.3. The van der Waals surface area contributed by atoms with E-state index in [1.165, 1.54) is 12.7 Å². The molecule has 2 aromatic rings. The zero-order chi connectivity index (χ0) is 20.9. The van der Waals surface area contributed by atoms with Gasteiger partial charge in [0.2, 0.25) is 0 Å². The number of rotatable bonds is 2. The molecule has 0 bridgehead atoms. The quantitative estimate of drug-likeness (QED) is 0.757. The summed E-state index contributed by atoms with van der Waals surface area (Å²) in [7, 11) is 1.37. The van der Waals surface area contributed by atoms with E-state index in [1.807, 2.05) is 43.3 Å². The van der Waals surface area contributed by atoms with E-state index in [0.29, 0.717) is 22.4 Å². The highest BCUT2D eigenvalue weighted by Crippen LogP contribution is 2.46. The van der Waals surface area contributed by atoms with Crippen LogP contribution in [0.5, 0.6) is 0 Å². The molecule has 4 rings (SSSR count). The number of fused-ring (bicyclic) bond motifs is 2. The molecular formula is C25H25NO3. The highest BCUT2D eigenvalue weighted by molar-refractivity contribution is 6.23. The lowest BCUT2D eigenvalue weighted by molar-refractivity contribution is -0.136. The number of Topliss-reactive ketones (excluding diaryl/α,β-unsaturated/α-hetero) is 1. The van der Waals surface area contributed by atoms with E-state index in [9.17, 15) is 9.59 Å². The fourth-order valence-corrected chi connectivity index (χ4v) is 4.22. The molecule has 1 N–H and O–H groups in total. The number of ether oxygens (including phenoxy) is 1. The first-order valence-corrected chi connectivity index (χ1v) is 9.79. The van der Waals surface area contributed by atoms with Crippen LogP contribution < -0.4 is 5.32 Å². The number of carbonyl (C=O) groups excluding carboxylic acids is 2. The molecule has 2 aromatic carbocycles. The number of carbonyl (C=O) groups is 2. The molecule has 0 unspecified atom stereocenters. The Balaban J connectivity index is 1.90. The van der Waals surface area contributed by atoms with Gasteiger partial charge < -0.3 is 10.1 Å². The van der Waals surface area contributed by atoms with Crippen molar-refractivity contribution < 1.29 is 14.3 Å².